The van der Waals surface area contributed by atoms with E-state index < -0.39 is 0 Å². The average Bonchev–Trinajstić information content (AvgIpc) is 2.29. The van der Waals surface area contributed by atoms with Crippen LogP contribution in [0.5, 0.6) is 0 Å². The molecular weight excluding hydrogens is 196 g/mol. The van der Waals surface area contributed by atoms with Gasteiger partial charge in [0.05, 0.1) is 0 Å². The summed E-state index contributed by atoms with van der Waals surface area (Å²) in [4.78, 5) is 2.52. The van der Waals surface area contributed by atoms with Gasteiger partial charge in [-0.25, -0.2) is 0 Å². The zero-order valence-corrected chi connectivity index (χ0v) is 10.4. The Morgan fingerprint density at radius 1 is 1.38 bits per heavy atom. The second kappa shape index (κ2) is 4.88. The normalized spacial score (nSPS) is 21.2. The Morgan fingerprint density at radius 2 is 2.19 bits per heavy atom. The third-order valence-corrected chi connectivity index (χ3v) is 3.68. The Balaban J connectivity index is 2.22. The Hall–Kier alpha value is -1.02. The maximum Gasteiger partial charge on any atom is 0.0371 e. The molecular formula is C14H22N2. The summed E-state index contributed by atoms with van der Waals surface area (Å²) in [5.74, 6) is 0. The van der Waals surface area contributed by atoms with E-state index in [9.17, 15) is 0 Å². The molecule has 2 N–H and O–H groups in total. The molecule has 1 aromatic rings. The van der Waals surface area contributed by atoms with Gasteiger partial charge < -0.3 is 10.6 Å². The summed E-state index contributed by atoms with van der Waals surface area (Å²) in [6.07, 6.45) is 4.01. The molecule has 1 fully saturated rings. The van der Waals surface area contributed by atoms with E-state index in [2.05, 4.69) is 36.9 Å². The van der Waals surface area contributed by atoms with Gasteiger partial charge in [0.2, 0.25) is 0 Å². The minimum atomic E-state index is 0.641. The van der Waals surface area contributed by atoms with Crippen molar-refractivity contribution in [3.63, 3.8) is 0 Å². The molecule has 16 heavy (non-hydrogen) atoms. The van der Waals surface area contributed by atoms with Crippen LogP contribution in [-0.4, -0.2) is 12.6 Å². The van der Waals surface area contributed by atoms with Gasteiger partial charge in [0, 0.05) is 24.8 Å². The van der Waals surface area contributed by atoms with Crippen molar-refractivity contribution in [2.24, 2.45) is 5.73 Å². The second-order valence-corrected chi connectivity index (χ2v) is 4.85. The fourth-order valence-electron chi connectivity index (χ4n) is 2.57. The van der Waals surface area contributed by atoms with E-state index in [1.807, 2.05) is 0 Å². The van der Waals surface area contributed by atoms with Gasteiger partial charge in [0.1, 0.15) is 0 Å². The smallest absolute Gasteiger partial charge is 0.0371 e. The molecule has 0 spiro atoms. The minimum absolute atomic E-state index is 0.641. The van der Waals surface area contributed by atoms with Gasteiger partial charge in [-0.1, -0.05) is 6.07 Å². The largest absolute Gasteiger partial charge is 0.369 e. The first-order chi connectivity index (χ1) is 7.72. The van der Waals surface area contributed by atoms with Crippen LogP contribution < -0.4 is 10.6 Å². The zero-order chi connectivity index (χ0) is 11.5. The van der Waals surface area contributed by atoms with Crippen LogP contribution in [0.4, 0.5) is 5.69 Å². The summed E-state index contributed by atoms with van der Waals surface area (Å²) >= 11 is 0. The second-order valence-electron chi connectivity index (χ2n) is 4.85. The maximum absolute atomic E-state index is 5.69. The minimum Gasteiger partial charge on any atom is -0.369 e. The van der Waals surface area contributed by atoms with Crippen molar-refractivity contribution in [1.82, 2.24) is 0 Å². The Bertz CT molecular complexity index is 360. The predicted octanol–water partition coefficient (Wildman–Crippen LogP) is 2.83. The van der Waals surface area contributed by atoms with Gasteiger partial charge in [-0.2, -0.15) is 0 Å². The van der Waals surface area contributed by atoms with Gasteiger partial charge in [-0.3, -0.25) is 0 Å². The molecule has 2 rings (SSSR count). The first-order valence-electron chi connectivity index (χ1n) is 6.28. The third kappa shape index (κ3) is 2.22. The molecule has 0 bridgehead atoms. The van der Waals surface area contributed by atoms with Crippen LogP contribution in [-0.2, 0) is 6.54 Å². The van der Waals surface area contributed by atoms with Crippen LogP contribution in [0.3, 0.4) is 0 Å². The zero-order valence-electron chi connectivity index (χ0n) is 10.4. The predicted molar refractivity (Wildman–Crippen MR) is 69.7 cm³/mol. The van der Waals surface area contributed by atoms with Crippen molar-refractivity contribution in [3.8, 4) is 0 Å². The molecule has 0 amide bonds. The fraction of sp³-hybridized carbons (Fsp3) is 0.571. The number of hydrogen-bond acceptors (Lipinski definition) is 2. The lowest BCUT2D eigenvalue weighted by molar-refractivity contribution is 0.485. The van der Waals surface area contributed by atoms with Crippen LogP contribution in [0.1, 0.15) is 37.3 Å². The molecule has 1 aliphatic heterocycles. The quantitative estimate of drug-likeness (QED) is 0.827. The lowest BCUT2D eigenvalue weighted by atomic mass is 10.0. The lowest BCUT2D eigenvalue weighted by Gasteiger charge is -2.35. The number of nitrogens with two attached hydrogens (primary N) is 1. The average molecular weight is 218 g/mol. The summed E-state index contributed by atoms with van der Waals surface area (Å²) in [6.45, 7) is 6.32. The number of rotatable bonds is 2. The maximum atomic E-state index is 5.69. The van der Waals surface area contributed by atoms with Crippen molar-refractivity contribution in [3.05, 3.63) is 29.3 Å². The van der Waals surface area contributed by atoms with Crippen LogP contribution in [0, 0.1) is 6.92 Å². The van der Waals surface area contributed by atoms with Crippen LogP contribution in [0.25, 0.3) is 0 Å². The molecule has 1 atom stereocenters. The van der Waals surface area contributed by atoms with E-state index in [0.717, 1.165) is 0 Å². The third-order valence-electron chi connectivity index (χ3n) is 3.68. The topological polar surface area (TPSA) is 29.3 Å². The van der Waals surface area contributed by atoms with E-state index >= 15 is 0 Å². The fourth-order valence-corrected chi connectivity index (χ4v) is 2.57. The molecule has 0 aliphatic carbocycles. The van der Waals surface area contributed by atoms with Gasteiger partial charge in [0.25, 0.3) is 0 Å². The highest BCUT2D eigenvalue weighted by Crippen LogP contribution is 2.26. The van der Waals surface area contributed by atoms with Crippen molar-refractivity contribution in [2.75, 3.05) is 11.4 Å². The first-order valence-corrected chi connectivity index (χ1v) is 6.28. The number of anilines is 1. The number of hydrogen-bond donors (Lipinski definition) is 1. The molecule has 0 radical (unpaired) electrons. The number of nitrogens with zero attached hydrogens (tertiary/aromatic N) is 1. The summed E-state index contributed by atoms with van der Waals surface area (Å²) in [7, 11) is 0. The van der Waals surface area contributed by atoms with Crippen LogP contribution in [0.2, 0.25) is 0 Å². The SMILES string of the molecule is Cc1cc(N2CCCCC2C)ccc1CN. The summed E-state index contributed by atoms with van der Waals surface area (Å²) in [5, 5.41) is 0. The molecule has 88 valence electrons. The van der Waals surface area contributed by atoms with Gasteiger partial charge >= 0.3 is 0 Å². The van der Waals surface area contributed by atoms with Crippen LogP contribution in [0.15, 0.2) is 18.2 Å². The van der Waals surface area contributed by atoms with Gasteiger partial charge in [-0.05, 0) is 56.4 Å². The van der Waals surface area contributed by atoms with Crippen LogP contribution >= 0.6 is 0 Å². The molecule has 0 aromatic heterocycles. The monoisotopic (exact) mass is 218 g/mol. The van der Waals surface area contributed by atoms with Crippen molar-refractivity contribution in [2.45, 2.75) is 45.7 Å². The van der Waals surface area contributed by atoms with Gasteiger partial charge in [-0.15, -0.1) is 0 Å². The standard InChI is InChI=1S/C14H22N2/c1-11-9-14(7-6-13(11)10-15)16-8-4-3-5-12(16)2/h6-7,9,12H,3-5,8,10,15H2,1-2H3. The molecule has 1 saturated heterocycles. The van der Waals surface area contributed by atoms with Crippen molar-refractivity contribution >= 4 is 5.69 Å². The van der Waals surface area contributed by atoms with E-state index in [0.29, 0.717) is 12.6 Å². The van der Waals surface area contributed by atoms with Crippen molar-refractivity contribution < 1.29 is 0 Å². The van der Waals surface area contributed by atoms with E-state index in [1.165, 1.54) is 42.6 Å². The lowest BCUT2D eigenvalue weighted by Crippen LogP contribution is -2.37. The Kier molecular flexibility index (Phi) is 3.49. The molecule has 1 unspecified atom stereocenters. The van der Waals surface area contributed by atoms with Crippen molar-refractivity contribution in [1.29, 1.82) is 0 Å². The number of piperidine rings is 1. The van der Waals surface area contributed by atoms with E-state index in [4.69, 9.17) is 5.73 Å². The Labute approximate surface area is 98.4 Å². The highest BCUT2D eigenvalue weighted by atomic mass is 15.2. The van der Waals surface area contributed by atoms with E-state index in [1.54, 1.807) is 0 Å². The summed E-state index contributed by atoms with van der Waals surface area (Å²) < 4.78 is 0. The highest BCUT2D eigenvalue weighted by Gasteiger charge is 2.18. The Morgan fingerprint density at radius 3 is 2.81 bits per heavy atom. The summed E-state index contributed by atoms with van der Waals surface area (Å²) in [6, 6.07) is 7.35. The van der Waals surface area contributed by atoms with E-state index in [-0.39, 0.29) is 0 Å². The first kappa shape index (κ1) is 11.5. The van der Waals surface area contributed by atoms with Gasteiger partial charge in [0.15, 0.2) is 0 Å². The summed E-state index contributed by atoms with van der Waals surface area (Å²) in [5.41, 5.74) is 9.63. The molecule has 1 aromatic carbocycles. The number of aryl methyl sites for hydroxylation is 1. The molecule has 1 heterocycles. The number of benzene rings is 1. The molecule has 0 saturated carbocycles. The highest BCUT2D eigenvalue weighted by molar-refractivity contribution is 5.51. The molecule has 1 aliphatic rings. The molecule has 2 heteroatoms. The molecule has 2 nitrogen and oxygen atoms in total.